The Balaban J connectivity index is 2.63. The molecule has 0 saturated heterocycles. The number of nitrogens with zero attached hydrogens (tertiary/aromatic N) is 1. The van der Waals surface area contributed by atoms with Gasteiger partial charge in [-0.05, 0) is 30.8 Å². The van der Waals surface area contributed by atoms with Gasteiger partial charge in [0.1, 0.15) is 0 Å². The Bertz CT molecular complexity index is 339. The Morgan fingerprint density at radius 1 is 1.50 bits per heavy atom. The van der Waals surface area contributed by atoms with Gasteiger partial charge < -0.3 is 19.5 Å². The summed E-state index contributed by atoms with van der Waals surface area (Å²) in [6.45, 7) is 4.98. The maximum Gasteiger partial charge on any atom is 0.288 e. The van der Waals surface area contributed by atoms with Crippen LogP contribution in [0.5, 0.6) is 0 Å². The minimum atomic E-state index is -0.370. The van der Waals surface area contributed by atoms with Crippen LogP contribution in [0, 0.1) is 11.8 Å². The minimum absolute atomic E-state index is 0.126. The third-order valence-electron chi connectivity index (χ3n) is 3.42. The third kappa shape index (κ3) is 5.13. The normalized spacial score (nSPS) is 22.4. The van der Waals surface area contributed by atoms with Gasteiger partial charge >= 0.3 is 0 Å². The summed E-state index contributed by atoms with van der Waals surface area (Å²) < 4.78 is 11.3. The van der Waals surface area contributed by atoms with Crippen LogP contribution in [0.25, 0.3) is 0 Å². The summed E-state index contributed by atoms with van der Waals surface area (Å²) in [5.74, 6) is 0.976. The molecule has 1 aliphatic rings. The van der Waals surface area contributed by atoms with E-state index in [0.29, 0.717) is 18.3 Å². The standard InChI is InChI=1S/C15H27NO4/c1-11(2)12-9-13(15(18)16(3)4)20-14(10-12)19-8-6-5-7-17/h9,11-12,14,17H,5-8,10H2,1-4H3/t12-,14+/m0/s1. The van der Waals surface area contributed by atoms with Crippen LogP contribution in [0.15, 0.2) is 11.8 Å². The number of aliphatic hydroxyl groups is 1. The zero-order valence-electron chi connectivity index (χ0n) is 13.0. The molecule has 1 N–H and O–H groups in total. The second-order valence-electron chi connectivity index (χ2n) is 5.72. The fourth-order valence-electron chi connectivity index (χ4n) is 2.05. The van der Waals surface area contributed by atoms with Gasteiger partial charge in [0, 0.05) is 27.1 Å². The number of rotatable bonds is 7. The van der Waals surface area contributed by atoms with Crippen molar-refractivity contribution in [1.82, 2.24) is 4.90 Å². The molecular weight excluding hydrogens is 258 g/mol. The van der Waals surface area contributed by atoms with Crippen molar-refractivity contribution in [2.75, 3.05) is 27.3 Å². The van der Waals surface area contributed by atoms with Crippen molar-refractivity contribution in [2.24, 2.45) is 11.8 Å². The first-order valence-corrected chi connectivity index (χ1v) is 7.28. The molecule has 1 heterocycles. The van der Waals surface area contributed by atoms with Crippen LogP contribution in [0.4, 0.5) is 0 Å². The number of aliphatic hydroxyl groups excluding tert-OH is 1. The van der Waals surface area contributed by atoms with Gasteiger partial charge in [-0.2, -0.15) is 0 Å². The predicted octanol–water partition coefficient (Wildman–Crippen LogP) is 1.77. The van der Waals surface area contributed by atoms with Crippen molar-refractivity contribution in [3.63, 3.8) is 0 Å². The predicted molar refractivity (Wildman–Crippen MR) is 76.9 cm³/mol. The Morgan fingerprint density at radius 3 is 2.75 bits per heavy atom. The van der Waals surface area contributed by atoms with Crippen LogP contribution in [-0.4, -0.2) is 49.5 Å². The van der Waals surface area contributed by atoms with E-state index in [0.717, 1.165) is 19.3 Å². The van der Waals surface area contributed by atoms with Crippen LogP contribution in [0.2, 0.25) is 0 Å². The molecule has 0 spiro atoms. The van der Waals surface area contributed by atoms with Crippen LogP contribution >= 0.6 is 0 Å². The van der Waals surface area contributed by atoms with E-state index in [2.05, 4.69) is 13.8 Å². The molecule has 20 heavy (non-hydrogen) atoms. The van der Waals surface area contributed by atoms with Gasteiger partial charge in [0.05, 0.1) is 6.61 Å². The fraction of sp³-hybridized carbons (Fsp3) is 0.800. The lowest BCUT2D eigenvalue weighted by molar-refractivity contribution is -0.155. The first kappa shape index (κ1) is 17.0. The number of unbranched alkanes of at least 4 members (excludes halogenated alkanes) is 1. The van der Waals surface area contributed by atoms with E-state index in [1.807, 2.05) is 6.08 Å². The van der Waals surface area contributed by atoms with Crippen molar-refractivity contribution in [3.8, 4) is 0 Å². The van der Waals surface area contributed by atoms with Gasteiger partial charge in [0.2, 0.25) is 6.29 Å². The van der Waals surface area contributed by atoms with E-state index in [1.54, 1.807) is 14.1 Å². The van der Waals surface area contributed by atoms with Crippen molar-refractivity contribution in [3.05, 3.63) is 11.8 Å². The summed E-state index contributed by atoms with van der Waals surface area (Å²) in [4.78, 5) is 13.5. The lowest BCUT2D eigenvalue weighted by atomic mass is 9.90. The average molecular weight is 285 g/mol. The average Bonchev–Trinajstić information content (AvgIpc) is 2.42. The van der Waals surface area contributed by atoms with Crippen molar-refractivity contribution in [1.29, 1.82) is 0 Å². The second-order valence-corrected chi connectivity index (χ2v) is 5.72. The van der Waals surface area contributed by atoms with Gasteiger partial charge in [0.25, 0.3) is 5.91 Å². The molecule has 1 rings (SSSR count). The van der Waals surface area contributed by atoms with Gasteiger partial charge in [-0.1, -0.05) is 13.8 Å². The Hall–Kier alpha value is -1.07. The molecule has 0 fully saturated rings. The zero-order chi connectivity index (χ0) is 15.1. The number of amides is 1. The summed E-state index contributed by atoms with van der Waals surface area (Å²) in [6, 6.07) is 0. The van der Waals surface area contributed by atoms with Crippen LogP contribution in [-0.2, 0) is 14.3 Å². The van der Waals surface area contributed by atoms with Crippen molar-refractivity contribution in [2.45, 2.75) is 39.4 Å². The molecular formula is C15H27NO4. The number of allylic oxidation sites excluding steroid dienone is 1. The van der Waals surface area contributed by atoms with Gasteiger partial charge in [-0.25, -0.2) is 0 Å². The maximum absolute atomic E-state index is 12.0. The molecule has 0 unspecified atom stereocenters. The molecule has 2 atom stereocenters. The van der Waals surface area contributed by atoms with Gasteiger partial charge in [-0.3, -0.25) is 4.79 Å². The Labute approximate surface area is 121 Å². The highest BCUT2D eigenvalue weighted by molar-refractivity contribution is 5.91. The first-order valence-electron chi connectivity index (χ1n) is 7.28. The summed E-state index contributed by atoms with van der Waals surface area (Å²) in [6.07, 6.45) is 3.83. The number of carbonyl (C=O) groups excluding carboxylic acids is 1. The number of likely N-dealkylation sites (N-methyl/N-ethyl adjacent to an activating group) is 1. The van der Waals surface area contributed by atoms with E-state index in [4.69, 9.17) is 14.6 Å². The third-order valence-corrected chi connectivity index (χ3v) is 3.42. The van der Waals surface area contributed by atoms with Gasteiger partial charge in [-0.15, -0.1) is 0 Å². The number of hydrogen-bond acceptors (Lipinski definition) is 4. The molecule has 5 nitrogen and oxygen atoms in total. The molecule has 0 saturated carbocycles. The zero-order valence-corrected chi connectivity index (χ0v) is 13.0. The van der Waals surface area contributed by atoms with Crippen LogP contribution < -0.4 is 0 Å². The highest BCUT2D eigenvalue weighted by Gasteiger charge is 2.29. The minimum Gasteiger partial charge on any atom is -0.459 e. The van der Waals surface area contributed by atoms with E-state index >= 15 is 0 Å². The molecule has 0 aliphatic carbocycles. The van der Waals surface area contributed by atoms with Crippen molar-refractivity contribution < 1.29 is 19.4 Å². The first-order chi connectivity index (χ1) is 9.45. The van der Waals surface area contributed by atoms with Crippen molar-refractivity contribution >= 4 is 5.91 Å². The lowest BCUT2D eigenvalue weighted by Gasteiger charge is -2.31. The molecule has 1 amide bonds. The molecule has 1 aliphatic heterocycles. The van der Waals surface area contributed by atoms with Crippen LogP contribution in [0.1, 0.15) is 33.1 Å². The highest BCUT2D eigenvalue weighted by atomic mass is 16.7. The molecule has 5 heteroatoms. The second kappa shape index (κ2) is 8.27. The van der Waals surface area contributed by atoms with E-state index < -0.39 is 0 Å². The fourth-order valence-corrected chi connectivity index (χ4v) is 2.05. The molecule has 0 aromatic heterocycles. The number of ether oxygens (including phenoxy) is 2. The van der Waals surface area contributed by atoms with E-state index in [-0.39, 0.29) is 24.7 Å². The maximum atomic E-state index is 12.0. The molecule has 0 aromatic carbocycles. The molecule has 116 valence electrons. The van der Waals surface area contributed by atoms with E-state index in [9.17, 15) is 4.79 Å². The summed E-state index contributed by atoms with van der Waals surface area (Å²) >= 11 is 0. The number of hydrogen-bond donors (Lipinski definition) is 1. The smallest absolute Gasteiger partial charge is 0.288 e. The number of carbonyl (C=O) groups is 1. The topological polar surface area (TPSA) is 59.0 Å². The van der Waals surface area contributed by atoms with Gasteiger partial charge in [0.15, 0.2) is 5.76 Å². The molecule has 0 bridgehead atoms. The Kier molecular flexibility index (Phi) is 7.02. The molecule has 0 aromatic rings. The quantitative estimate of drug-likeness (QED) is 0.724. The Morgan fingerprint density at radius 2 is 2.20 bits per heavy atom. The highest BCUT2D eigenvalue weighted by Crippen LogP contribution is 2.29. The molecule has 0 radical (unpaired) electrons. The van der Waals surface area contributed by atoms with E-state index in [1.165, 1.54) is 4.90 Å². The monoisotopic (exact) mass is 285 g/mol. The summed E-state index contributed by atoms with van der Waals surface area (Å²) in [7, 11) is 3.42. The summed E-state index contributed by atoms with van der Waals surface area (Å²) in [5, 5.41) is 8.75. The summed E-state index contributed by atoms with van der Waals surface area (Å²) in [5.41, 5.74) is 0. The lowest BCUT2D eigenvalue weighted by Crippen LogP contribution is -2.34. The van der Waals surface area contributed by atoms with Crippen LogP contribution in [0.3, 0.4) is 0 Å². The SMILES string of the molecule is CC(C)[C@H]1C=C(C(=O)N(C)C)O[C@@H](OCCCCO)C1. The largest absolute Gasteiger partial charge is 0.459 e.